The Morgan fingerprint density at radius 3 is 2.45 bits per heavy atom. The normalized spacial score (nSPS) is 20.7. The second kappa shape index (κ2) is 12.1. The first-order chi connectivity index (χ1) is 20.1. The van der Waals surface area contributed by atoms with E-state index < -0.39 is 53.2 Å². The van der Waals surface area contributed by atoms with Gasteiger partial charge in [0.15, 0.2) is 4.34 Å². The molecule has 2 fully saturated rings. The summed E-state index contributed by atoms with van der Waals surface area (Å²) in [5, 5.41) is 23.3. The molecule has 5 rings (SSSR count). The molecule has 0 radical (unpaired) electrons. The van der Waals surface area contributed by atoms with E-state index in [0.717, 1.165) is 14.8 Å². The molecule has 42 heavy (non-hydrogen) atoms. The molecule has 0 bridgehead atoms. The van der Waals surface area contributed by atoms with E-state index in [-0.39, 0.29) is 18.8 Å². The molecule has 0 spiro atoms. The van der Waals surface area contributed by atoms with Crippen LogP contribution < -0.4 is 10.6 Å². The van der Waals surface area contributed by atoms with Crippen molar-refractivity contribution in [1.82, 2.24) is 35.5 Å². The van der Waals surface area contributed by atoms with Crippen molar-refractivity contribution in [3.63, 3.8) is 0 Å². The summed E-state index contributed by atoms with van der Waals surface area (Å²) < 4.78 is 0.690. The maximum absolute atomic E-state index is 13.5. The Labute approximate surface area is 251 Å². The number of carbonyl (C=O) groups excluding carboxylic acids is 5. The molecule has 1 aromatic heterocycles. The SMILES string of the molecule is CC(=O)N1CCN(C(=O)NC(C(=O)NC2C(=O)N3C(C(=O)O)=C(CSc4nnc(C)s4)CS[C@@H]23)c2ccccc2)C1=O. The van der Waals surface area contributed by atoms with Crippen LogP contribution in [0.15, 0.2) is 45.9 Å². The molecule has 2 saturated heterocycles. The number of nitrogens with zero attached hydrogens (tertiary/aromatic N) is 5. The molecule has 2 unspecified atom stereocenters. The summed E-state index contributed by atoms with van der Waals surface area (Å²) in [7, 11) is 0. The van der Waals surface area contributed by atoms with Gasteiger partial charge in [-0.2, -0.15) is 0 Å². The highest BCUT2D eigenvalue weighted by atomic mass is 32.2. The number of benzene rings is 1. The van der Waals surface area contributed by atoms with Crippen LogP contribution in [-0.4, -0.2) is 102 Å². The van der Waals surface area contributed by atoms with Gasteiger partial charge in [-0.3, -0.25) is 24.2 Å². The van der Waals surface area contributed by atoms with Crippen LogP contribution >= 0.6 is 34.9 Å². The number of fused-ring (bicyclic) bond motifs is 1. The van der Waals surface area contributed by atoms with Crippen molar-refractivity contribution < 1.29 is 33.9 Å². The van der Waals surface area contributed by atoms with Gasteiger partial charge >= 0.3 is 18.0 Å². The van der Waals surface area contributed by atoms with Gasteiger partial charge in [0.1, 0.15) is 28.2 Å². The van der Waals surface area contributed by atoms with E-state index in [1.54, 1.807) is 30.3 Å². The van der Waals surface area contributed by atoms with Gasteiger partial charge in [0.05, 0.1) is 6.54 Å². The number of aromatic nitrogens is 2. The van der Waals surface area contributed by atoms with Gasteiger partial charge in [-0.1, -0.05) is 53.4 Å². The smallest absolute Gasteiger partial charge is 0.352 e. The maximum atomic E-state index is 13.5. The van der Waals surface area contributed by atoms with Crippen molar-refractivity contribution in [3.05, 3.63) is 52.2 Å². The van der Waals surface area contributed by atoms with Gasteiger partial charge in [0.2, 0.25) is 11.8 Å². The fourth-order valence-electron chi connectivity index (χ4n) is 4.68. The Bertz CT molecular complexity index is 1500. The molecule has 220 valence electrons. The number of rotatable bonds is 8. The average molecular weight is 632 g/mol. The summed E-state index contributed by atoms with van der Waals surface area (Å²) in [6.45, 7) is 3.04. The maximum Gasteiger partial charge on any atom is 0.352 e. The number of aliphatic carboxylic acids is 1. The molecule has 0 aliphatic carbocycles. The third-order valence-corrected chi connectivity index (χ3v) is 10.1. The highest BCUT2D eigenvalue weighted by Gasteiger charge is 2.54. The third-order valence-electron chi connectivity index (χ3n) is 6.72. The number of urea groups is 2. The van der Waals surface area contributed by atoms with Gasteiger partial charge in [-0.05, 0) is 18.1 Å². The molecule has 7 amide bonds. The highest BCUT2D eigenvalue weighted by molar-refractivity contribution is 8.01. The van der Waals surface area contributed by atoms with Crippen molar-refractivity contribution in [2.75, 3.05) is 24.6 Å². The molecule has 3 aliphatic heterocycles. The van der Waals surface area contributed by atoms with E-state index in [2.05, 4.69) is 20.8 Å². The van der Waals surface area contributed by atoms with Crippen molar-refractivity contribution in [2.24, 2.45) is 0 Å². The Morgan fingerprint density at radius 1 is 1.12 bits per heavy atom. The molecule has 4 heterocycles. The largest absolute Gasteiger partial charge is 0.477 e. The number of carbonyl (C=O) groups is 6. The van der Waals surface area contributed by atoms with Crippen LogP contribution in [-0.2, 0) is 19.2 Å². The zero-order chi connectivity index (χ0) is 30.1. The number of carboxylic acids is 1. The second-order valence-corrected chi connectivity index (χ2v) is 12.9. The van der Waals surface area contributed by atoms with Crippen LogP contribution in [0.5, 0.6) is 0 Å². The van der Waals surface area contributed by atoms with E-state index in [1.807, 2.05) is 6.92 Å². The van der Waals surface area contributed by atoms with Gasteiger partial charge < -0.3 is 15.7 Å². The third kappa shape index (κ3) is 5.71. The number of hydrogen-bond acceptors (Lipinski definition) is 11. The van der Waals surface area contributed by atoms with Gasteiger partial charge in [0.25, 0.3) is 5.91 Å². The van der Waals surface area contributed by atoms with Gasteiger partial charge in [-0.15, -0.1) is 22.0 Å². The molecule has 3 aliphatic rings. The molecule has 0 saturated carbocycles. The summed E-state index contributed by atoms with van der Waals surface area (Å²) in [6.07, 6.45) is 0. The van der Waals surface area contributed by atoms with Crippen molar-refractivity contribution in [2.45, 2.75) is 35.6 Å². The van der Waals surface area contributed by atoms with Crippen molar-refractivity contribution >= 4 is 70.6 Å². The lowest BCUT2D eigenvalue weighted by atomic mass is 10.0. The lowest BCUT2D eigenvalue weighted by Gasteiger charge is -2.49. The van der Waals surface area contributed by atoms with Crippen LogP contribution in [0.1, 0.15) is 23.5 Å². The molecule has 17 heteroatoms. The number of thioether (sulfide) groups is 2. The first-order valence-electron chi connectivity index (χ1n) is 12.6. The van der Waals surface area contributed by atoms with Crippen molar-refractivity contribution in [3.8, 4) is 0 Å². The van der Waals surface area contributed by atoms with Crippen molar-refractivity contribution in [1.29, 1.82) is 0 Å². The van der Waals surface area contributed by atoms with Gasteiger partial charge in [-0.25, -0.2) is 19.3 Å². The summed E-state index contributed by atoms with van der Waals surface area (Å²) in [6, 6.07) is 4.31. The quantitative estimate of drug-likeness (QED) is 0.283. The standard InChI is InChI=1S/C25H25N7O7S3/c1-12-28-29-24(42-12)41-11-15-10-40-21-17(20(35)32(21)18(15)22(36)37)26-19(34)16(14-6-4-3-5-7-14)27-23(38)31-9-8-30(13(2)33)25(31)39/h3-7,16-17,21H,8-11H2,1-2H3,(H,26,34)(H,27,38)(H,36,37)/t16?,17?,21-/m0/s1. The number of carboxylic acid groups (broad SMARTS) is 1. The molecule has 2 aromatic rings. The van der Waals surface area contributed by atoms with E-state index in [1.165, 1.54) is 46.7 Å². The Balaban J connectivity index is 1.30. The van der Waals surface area contributed by atoms with E-state index in [4.69, 9.17) is 0 Å². The Morgan fingerprint density at radius 2 is 1.83 bits per heavy atom. The Hall–Kier alpha value is -3.96. The number of nitrogens with one attached hydrogen (secondary N) is 2. The van der Waals surface area contributed by atoms with E-state index >= 15 is 0 Å². The monoisotopic (exact) mass is 631 g/mol. The average Bonchev–Trinajstić information content (AvgIpc) is 3.57. The Kier molecular flexibility index (Phi) is 8.51. The molecular formula is C25H25N7O7S3. The van der Waals surface area contributed by atoms with Crippen LogP contribution in [0.4, 0.5) is 9.59 Å². The minimum Gasteiger partial charge on any atom is -0.477 e. The van der Waals surface area contributed by atoms with Crippen LogP contribution in [0, 0.1) is 6.92 Å². The summed E-state index contributed by atoms with van der Waals surface area (Å²) >= 11 is 4.06. The molecule has 14 nitrogen and oxygen atoms in total. The number of β-lactam (4-membered cyclic amide) rings is 1. The van der Waals surface area contributed by atoms with E-state index in [9.17, 15) is 33.9 Å². The predicted molar refractivity (Wildman–Crippen MR) is 152 cm³/mol. The second-order valence-electron chi connectivity index (χ2n) is 9.43. The summed E-state index contributed by atoms with van der Waals surface area (Å²) in [5.74, 6) is -2.40. The number of hydrogen-bond donors (Lipinski definition) is 3. The zero-order valence-corrected chi connectivity index (χ0v) is 24.8. The molecule has 3 N–H and O–H groups in total. The first kappa shape index (κ1) is 29.5. The van der Waals surface area contributed by atoms with E-state index in [0.29, 0.717) is 27.0 Å². The highest BCUT2D eigenvalue weighted by Crippen LogP contribution is 2.42. The topological polar surface area (TPSA) is 182 Å². The predicted octanol–water partition coefficient (Wildman–Crippen LogP) is 1.41. The zero-order valence-electron chi connectivity index (χ0n) is 22.3. The van der Waals surface area contributed by atoms with Gasteiger partial charge in [0, 0.05) is 25.0 Å². The minimum absolute atomic E-state index is 0.0360. The molecule has 3 atom stereocenters. The van der Waals surface area contributed by atoms with Crippen LogP contribution in [0.3, 0.4) is 0 Å². The molecule has 1 aromatic carbocycles. The fourth-order valence-corrected chi connectivity index (χ4v) is 7.98. The number of aryl methyl sites for hydroxylation is 1. The summed E-state index contributed by atoms with van der Waals surface area (Å²) in [4.78, 5) is 79.0. The van der Waals surface area contributed by atoms with Crippen LogP contribution in [0.25, 0.3) is 0 Å². The lowest BCUT2D eigenvalue weighted by Crippen LogP contribution is -2.71. The molecular weight excluding hydrogens is 607 g/mol. The van der Waals surface area contributed by atoms with Crippen LogP contribution in [0.2, 0.25) is 0 Å². The number of amides is 7. The summed E-state index contributed by atoms with van der Waals surface area (Å²) in [5.41, 5.74) is 0.846. The minimum atomic E-state index is -1.27. The number of imide groups is 2. The lowest BCUT2D eigenvalue weighted by molar-refractivity contribution is -0.151. The fraction of sp³-hybridized carbons (Fsp3) is 0.360. The first-order valence-corrected chi connectivity index (χ1v) is 15.5.